The van der Waals surface area contributed by atoms with Crippen molar-refractivity contribution in [2.75, 3.05) is 10.6 Å². The van der Waals surface area contributed by atoms with E-state index < -0.39 is 0 Å². The van der Waals surface area contributed by atoms with Gasteiger partial charge in [0.15, 0.2) is 0 Å². The zero-order chi connectivity index (χ0) is 19.2. The van der Waals surface area contributed by atoms with Crippen LogP contribution in [0.1, 0.15) is 27.3 Å². The standard InChI is InChI=1S/C20H16ClN5O/c1-13-9-18(19(27)25-16-7-4-5-14(10-16)11-22)26-20(24-13)23-12-15-6-2-3-8-17(15)21/h2-10H,12H2,1H3,(H,25,27)(H,23,24,26). The number of halogens is 1. The number of carbonyl (C=O) groups is 1. The van der Waals surface area contributed by atoms with Crippen LogP contribution in [-0.2, 0) is 6.54 Å². The van der Waals surface area contributed by atoms with Crippen LogP contribution in [0.2, 0.25) is 5.02 Å². The molecule has 0 fully saturated rings. The summed E-state index contributed by atoms with van der Waals surface area (Å²) < 4.78 is 0. The van der Waals surface area contributed by atoms with E-state index in [0.29, 0.717) is 34.5 Å². The fourth-order valence-electron chi connectivity index (χ4n) is 2.44. The fraction of sp³-hybridized carbons (Fsp3) is 0.100. The molecule has 1 heterocycles. The smallest absolute Gasteiger partial charge is 0.274 e. The van der Waals surface area contributed by atoms with Crippen LogP contribution >= 0.6 is 11.6 Å². The number of hydrogen-bond acceptors (Lipinski definition) is 5. The summed E-state index contributed by atoms with van der Waals surface area (Å²) in [5.74, 6) is -0.0396. The van der Waals surface area contributed by atoms with Crippen LogP contribution in [0, 0.1) is 18.3 Å². The highest BCUT2D eigenvalue weighted by Crippen LogP contribution is 2.17. The Morgan fingerprint density at radius 3 is 2.74 bits per heavy atom. The van der Waals surface area contributed by atoms with E-state index in [4.69, 9.17) is 16.9 Å². The summed E-state index contributed by atoms with van der Waals surface area (Å²) in [6.45, 7) is 2.23. The Morgan fingerprint density at radius 2 is 1.96 bits per heavy atom. The van der Waals surface area contributed by atoms with Crippen molar-refractivity contribution in [3.8, 4) is 6.07 Å². The number of benzene rings is 2. The number of amides is 1. The number of hydrogen-bond donors (Lipinski definition) is 2. The zero-order valence-corrected chi connectivity index (χ0v) is 15.3. The van der Waals surface area contributed by atoms with Gasteiger partial charge in [0.25, 0.3) is 5.91 Å². The van der Waals surface area contributed by atoms with Crippen molar-refractivity contribution in [3.63, 3.8) is 0 Å². The first-order valence-corrected chi connectivity index (χ1v) is 8.57. The van der Waals surface area contributed by atoms with E-state index in [1.165, 1.54) is 0 Å². The van der Waals surface area contributed by atoms with Crippen molar-refractivity contribution in [1.82, 2.24) is 9.97 Å². The highest BCUT2D eigenvalue weighted by atomic mass is 35.5. The summed E-state index contributed by atoms with van der Waals surface area (Å²) in [5.41, 5.74) is 2.78. The summed E-state index contributed by atoms with van der Waals surface area (Å²) in [6.07, 6.45) is 0. The van der Waals surface area contributed by atoms with Gasteiger partial charge in [-0.1, -0.05) is 35.9 Å². The average molecular weight is 378 g/mol. The van der Waals surface area contributed by atoms with E-state index in [9.17, 15) is 4.79 Å². The topological polar surface area (TPSA) is 90.7 Å². The molecule has 1 aromatic heterocycles. The second-order valence-electron chi connectivity index (χ2n) is 5.81. The Bertz CT molecular complexity index is 1030. The van der Waals surface area contributed by atoms with Gasteiger partial charge in [0.1, 0.15) is 5.69 Å². The lowest BCUT2D eigenvalue weighted by Crippen LogP contribution is -2.16. The van der Waals surface area contributed by atoms with Gasteiger partial charge >= 0.3 is 0 Å². The number of carbonyl (C=O) groups excluding carboxylic acids is 1. The highest BCUT2D eigenvalue weighted by Gasteiger charge is 2.12. The molecule has 1 amide bonds. The maximum atomic E-state index is 12.5. The van der Waals surface area contributed by atoms with Gasteiger partial charge in [0.05, 0.1) is 11.6 Å². The van der Waals surface area contributed by atoms with Gasteiger partial charge in [-0.05, 0) is 42.8 Å². The van der Waals surface area contributed by atoms with Crippen molar-refractivity contribution < 1.29 is 4.79 Å². The molecule has 0 aliphatic rings. The van der Waals surface area contributed by atoms with Crippen LogP contribution in [0.4, 0.5) is 11.6 Å². The lowest BCUT2D eigenvalue weighted by atomic mass is 10.2. The number of rotatable bonds is 5. The minimum atomic E-state index is -0.378. The van der Waals surface area contributed by atoms with Crippen molar-refractivity contribution in [2.24, 2.45) is 0 Å². The van der Waals surface area contributed by atoms with Gasteiger partial charge in [-0.25, -0.2) is 9.97 Å². The first-order chi connectivity index (χ1) is 13.0. The third kappa shape index (κ3) is 4.81. The normalized spacial score (nSPS) is 10.1. The van der Waals surface area contributed by atoms with Gasteiger partial charge in [-0.15, -0.1) is 0 Å². The van der Waals surface area contributed by atoms with E-state index in [0.717, 1.165) is 5.56 Å². The molecule has 7 heteroatoms. The second-order valence-corrected chi connectivity index (χ2v) is 6.22. The number of nitriles is 1. The van der Waals surface area contributed by atoms with Gasteiger partial charge in [0.2, 0.25) is 5.95 Å². The Kier molecular flexibility index (Phi) is 5.64. The monoisotopic (exact) mass is 377 g/mol. The molecule has 0 bridgehead atoms. The maximum absolute atomic E-state index is 12.5. The third-order valence-corrected chi connectivity index (χ3v) is 4.10. The summed E-state index contributed by atoms with van der Waals surface area (Å²) in [4.78, 5) is 21.1. The molecule has 6 nitrogen and oxygen atoms in total. The van der Waals surface area contributed by atoms with Crippen LogP contribution in [0.5, 0.6) is 0 Å². The predicted octanol–water partition coefficient (Wildman–Crippen LogP) is 4.17. The molecule has 2 N–H and O–H groups in total. The van der Waals surface area contributed by atoms with Crippen LogP contribution in [0.15, 0.2) is 54.6 Å². The molecule has 0 unspecified atom stereocenters. The molecule has 0 aliphatic carbocycles. The molecule has 0 saturated heterocycles. The van der Waals surface area contributed by atoms with Gasteiger partial charge in [-0.2, -0.15) is 5.26 Å². The fourth-order valence-corrected chi connectivity index (χ4v) is 2.64. The van der Waals surface area contributed by atoms with Gasteiger partial charge in [0, 0.05) is 22.9 Å². The minimum Gasteiger partial charge on any atom is -0.350 e. The number of nitrogens with zero attached hydrogens (tertiary/aromatic N) is 3. The first kappa shape index (κ1) is 18.4. The van der Waals surface area contributed by atoms with Crippen molar-refractivity contribution >= 4 is 29.1 Å². The van der Waals surface area contributed by atoms with E-state index in [1.807, 2.05) is 30.3 Å². The summed E-state index contributed by atoms with van der Waals surface area (Å²) >= 11 is 6.15. The highest BCUT2D eigenvalue weighted by molar-refractivity contribution is 6.31. The SMILES string of the molecule is Cc1cc(C(=O)Nc2cccc(C#N)c2)nc(NCc2ccccc2Cl)n1. The quantitative estimate of drug-likeness (QED) is 0.696. The average Bonchev–Trinajstić information content (AvgIpc) is 2.67. The van der Waals surface area contributed by atoms with Crippen molar-refractivity contribution in [1.29, 1.82) is 5.26 Å². The summed E-state index contributed by atoms with van der Waals surface area (Å²) in [6, 6.07) is 17.8. The van der Waals surface area contributed by atoms with Crippen molar-refractivity contribution in [2.45, 2.75) is 13.5 Å². The van der Waals surface area contributed by atoms with Gasteiger partial charge < -0.3 is 10.6 Å². The first-order valence-electron chi connectivity index (χ1n) is 8.19. The molecule has 0 spiro atoms. The molecular formula is C20H16ClN5O. The zero-order valence-electron chi connectivity index (χ0n) is 14.5. The van der Waals surface area contributed by atoms with Crippen LogP contribution in [0.25, 0.3) is 0 Å². The third-order valence-electron chi connectivity index (χ3n) is 3.73. The van der Waals surface area contributed by atoms with E-state index in [1.54, 1.807) is 37.3 Å². The summed E-state index contributed by atoms with van der Waals surface area (Å²) in [5, 5.41) is 15.4. The van der Waals surface area contributed by atoms with Crippen molar-refractivity contribution in [3.05, 3.63) is 82.1 Å². The lowest BCUT2D eigenvalue weighted by molar-refractivity contribution is 0.102. The maximum Gasteiger partial charge on any atom is 0.274 e. The lowest BCUT2D eigenvalue weighted by Gasteiger charge is -2.10. The Labute approximate surface area is 161 Å². The Morgan fingerprint density at radius 1 is 1.15 bits per heavy atom. The molecule has 0 atom stereocenters. The van der Waals surface area contributed by atoms with E-state index in [2.05, 4.69) is 20.6 Å². The minimum absolute atomic E-state index is 0.228. The summed E-state index contributed by atoms with van der Waals surface area (Å²) in [7, 11) is 0. The van der Waals surface area contributed by atoms with Gasteiger partial charge in [-0.3, -0.25) is 4.79 Å². The molecule has 134 valence electrons. The number of aryl methyl sites for hydroxylation is 1. The van der Waals surface area contributed by atoms with Crippen LogP contribution in [-0.4, -0.2) is 15.9 Å². The van der Waals surface area contributed by atoms with Crippen LogP contribution < -0.4 is 10.6 Å². The van der Waals surface area contributed by atoms with Crippen LogP contribution in [0.3, 0.4) is 0 Å². The Balaban J connectivity index is 1.75. The number of nitrogens with one attached hydrogen (secondary N) is 2. The molecule has 3 aromatic rings. The second kappa shape index (κ2) is 8.30. The number of aromatic nitrogens is 2. The van der Waals surface area contributed by atoms with E-state index >= 15 is 0 Å². The Hall–Kier alpha value is -3.43. The molecule has 3 rings (SSSR count). The molecule has 2 aromatic carbocycles. The molecule has 27 heavy (non-hydrogen) atoms. The predicted molar refractivity (Wildman–Crippen MR) is 105 cm³/mol. The largest absolute Gasteiger partial charge is 0.350 e. The molecule has 0 aliphatic heterocycles. The molecule has 0 saturated carbocycles. The molecule has 0 radical (unpaired) electrons. The van der Waals surface area contributed by atoms with E-state index in [-0.39, 0.29) is 11.6 Å². The molecular weight excluding hydrogens is 362 g/mol. The number of anilines is 2.